The fraction of sp³-hybridized carbons (Fsp3) is 0.333. The molecule has 0 fully saturated rings. The first-order valence-electron chi connectivity index (χ1n) is 6.52. The Labute approximate surface area is 112 Å². The lowest BCUT2D eigenvalue weighted by molar-refractivity contribution is 0.559. The highest BCUT2D eigenvalue weighted by atomic mass is 31.1. The molecule has 19 heavy (non-hydrogen) atoms. The van der Waals surface area contributed by atoms with Crippen molar-refractivity contribution in [3.63, 3.8) is 0 Å². The van der Waals surface area contributed by atoms with E-state index in [0.717, 1.165) is 24.2 Å². The van der Waals surface area contributed by atoms with E-state index in [0.29, 0.717) is 12.1 Å². The van der Waals surface area contributed by atoms with Crippen LogP contribution in [0, 0.1) is 5.92 Å². The first-order chi connectivity index (χ1) is 9.15. The van der Waals surface area contributed by atoms with E-state index in [1.165, 1.54) is 0 Å². The first-order valence-corrected chi connectivity index (χ1v) is 8.05. The van der Waals surface area contributed by atoms with Gasteiger partial charge in [-0.15, -0.1) is 0 Å². The number of rotatable bonds is 2. The van der Waals surface area contributed by atoms with Gasteiger partial charge in [-0.25, -0.2) is 0 Å². The van der Waals surface area contributed by atoms with Crippen molar-refractivity contribution >= 4 is 7.53 Å². The number of hydrogen-bond donors (Lipinski definition) is 0. The van der Waals surface area contributed by atoms with Crippen LogP contribution >= 0.6 is 7.53 Å². The Bertz CT molecular complexity index is 715. The summed E-state index contributed by atoms with van der Waals surface area (Å²) in [6.45, 7) is 2.89. The van der Waals surface area contributed by atoms with Gasteiger partial charge in [0.25, 0.3) is 5.29 Å². The molecular weight excluding hydrogens is 257 g/mol. The zero-order valence-electron chi connectivity index (χ0n) is 10.9. The highest BCUT2D eigenvalue weighted by Crippen LogP contribution is 2.24. The van der Waals surface area contributed by atoms with Gasteiger partial charge in [0.15, 0.2) is 0 Å². The average molecular weight is 273 g/mol. The van der Waals surface area contributed by atoms with Crippen molar-refractivity contribution in [2.75, 3.05) is 0 Å². The lowest BCUT2D eigenvalue weighted by Gasteiger charge is -2.06. The second-order valence-corrected chi connectivity index (χ2v) is 7.24. The lowest BCUT2D eigenvalue weighted by atomic mass is 10.1. The Balaban J connectivity index is 2.07. The predicted octanol–water partition coefficient (Wildman–Crippen LogP) is 2.44. The molecule has 0 radical (unpaired) electrons. The highest BCUT2D eigenvalue weighted by Gasteiger charge is 2.21. The topological polar surface area (TPSA) is 39.1 Å². The molecule has 0 bridgehead atoms. The molecule has 1 aromatic heterocycles. The molecule has 2 unspecified atom stereocenters. The summed E-state index contributed by atoms with van der Waals surface area (Å²) in [7, 11) is -1.25. The van der Waals surface area contributed by atoms with E-state index in [1.807, 2.05) is 34.9 Å². The SMILES string of the molecule is CC1Cc2cc(=O)p(Cc3ccccc3)c(=O)n2C1. The molecular formula is C15H16NO2P. The molecule has 4 heteroatoms. The molecule has 1 aliphatic heterocycles. The fourth-order valence-corrected chi connectivity index (χ4v) is 4.53. The average Bonchev–Trinajstić information content (AvgIpc) is 2.76. The molecule has 2 heterocycles. The molecule has 3 nitrogen and oxygen atoms in total. The van der Waals surface area contributed by atoms with Gasteiger partial charge < -0.3 is 4.57 Å². The second-order valence-electron chi connectivity index (χ2n) is 5.25. The van der Waals surface area contributed by atoms with Gasteiger partial charge >= 0.3 is 0 Å². The van der Waals surface area contributed by atoms with Gasteiger partial charge in [-0.2, -0.15) is 0 Å². The van der Waals surface area contributed by atoms with Crippen LogP contribution in [0.25, 0.3) is 0 Å². The zero-order valence-corrected chi connectivity index (χ0v) is 11.8. The fourth-order valence-electron chi connectivity index (χ4n) is 2.67. The summed E-state index contributed by atoms with van der Waals surface area (Å²) < 4.78 is 1.83. The largest absolute Gasteiger partial charge is 0.309 e. The van der Waals surface area contributed by atoms with Gasteiger partial charge in [0, 0.05) is 24.5 Å². The first kappa shape index (κ1) is 12.4. The molecule has 0 saturated heterocycles. The molecule has 2 aromatic rings. The zero-order chi connectivity index (χ0) is 13.4. The van der Waals surface area contributed by atoms with Crippen molar-refractivity contribution in [2.24, 2.45) is 5.92 Å². The van der Waals surface area contributed by atoms with E-state index in [-0.39, 0.29) is 10.5 Å². The Morgan fingerprint density at radius 3 is 2.74 bits per heavy atom. The molecule has 1 aromatic carbocycles. The van der Waals surface area contributed by atoms with Crippen LogP contribution in [0.2, 0.25) is 0 Å². The standard InChI is InChI=1S/C15H16NO2P/c1-11-7-13-8-14(17)19(15(18)16(13)9-11)10-12-5-3-2-4-6-12/h2-6,8,11H,7,9-10H2,1H3. The monoisotopic (exact) mass is 273 g/mol. The van der Waals surface area contributed by atoms with E-state index < -0.39 is 7.53 Å². The molecule has 0 N–H and O–H groups in total. The van der Waals surface area contributed by atoms with E-state index in [9.17, 15) is 9.59 Å². The van der Waals surface area contributed by atoms with Crippen molar-refractivity contribution < 1.29 is 0 Å². The summed E-state index contributed by atoms with van der Waals surface area (Å²) >= 11 is 0. The third-order valence-electron chi connectivity index (χ3n) is 3.60. The predicted molar refractivity (Wildman–Crippen MR) is 78.1 cm³/mol. The highest BCUT2D eigenvalue weighted by molar-refractivity contribution is 7.46. The summed E-state index contributed by atoms with van der Waals surface area (Å²) in [6.07, 6.45) is 1.43. The summed E-state index contributed by atoms with van der Waals surface area (Å²) in [5, 5.41) is 0.0786. The molecule has 3 rings (SSSR count). The number of nitrogens with zero attached hydrogens (tertiary/aromatic N) is 1. The maximum absolute atomic E-state index is 12.5. The minimum Gasteiger partial charge on any atom is -0.309 e. The molecule has 98 valence electrons. The Hall–Kier alpha value is -1.60. The smallest absolute Gasteiger partial charge is 0.272 e. The molecule has 0 aliphatic carbocycles. The molecule has 0 amide bonds. The van der Waals surface area contributed by atoms with Crippen molar-refractivity contribution in [1.82, 2.24) is 4.57 Å². The van der Waals surface area contributed by atoms with E-state index >= 15 is 0 Å². The van der Waals surface area contributed by atoms with Crippen LogP contribution < -0.4 is 10.5 Å². The van der Waals surface area contributed by atoms with Crippen molar-refractivity contribution in [2.45, 2.75) is 26.1 Å². The van der Waals surface area contributed by atoms with Gasteiger partial charge in [-0.05, 0) is 25.4 Å². The summed E-state index contributed by atoms with van der Waals surface area (Å²) in [6, 6.07) is 11.5. The van der Waals surface area contributed by atoms with Crippen molar-refractivity contribution in [1.29, 1.82) is 0 Å². The number of fused-ring (bicyclic) bond motifs is 1. The van der Waals surface area contributed by atoms with E-state index in [1.54, 1.807) is 6.07 Å². The van der Waals surface area contributed by atoms with E-state index in [2.05, 4.69) is 6.92 Å². The van der Waals surface area contributed by atoms with Crippen LogP contribution in [0.4, 0.5) is 0 Å². The minimum absolute atomic E-state index is 0.0317. The van der Waals surface area contributed by atoms with Crippen LogP contribution in [-0.2, 0) is 19.1 Å². The van der Waals surface area contributed by atoms with Crippen LogP contribution in [0.3, 0.4) is 0 Å². The van der Waals surface area contributed by atoms with Crippen LogP contribution in [-0.4, -0.2) is 4.57 Å². The van der Waals surface area contributed by atoms with Gasteiger partial charge in [-0.1, -0.05) is 37.3 Å². The van der Waals surface area contributed by atoms with Crippen molar-refractivity contribution in [3.05, 3.63) is 67.7 Å². The van der Waals surface area contributed by atoms with Crippen LogP contribution in [0.5, 0.6) is 0 Å². The second kappa shape index (κ2) is 4.82. The lowest BCUT2D eigenvalue weighted by Crippen LogP contribution is -2.23. The molecule has 2 atom stereocenters. The van der Waals surface area contributed by atoms with Crippen molar-refractivity contribution in [3.8, 4) is 0 Å². The molecule has 0 spiro atoms. The van der Waals surface area contributed by atoms with Gasteiger partial charge in [0.1, 0.15) is 0 Å². The summed E-state index contributed by atoms with van der Waals surface area (Å²) in [5.41, 5.74) is 1.99. The molecule has 0 saturated carbocycles. The quantitative estimate of drug-likeness (QED) is 0.843. The van der Waals surface area contributed by atoms with Crippen LogP contribution in [0.1, 0.15) is 18.2 Å². The number of hydrogen-bond acceptors (Lipinski definition) is 2. The van der Waals surface area contributed by atoms with Gasteiger partial charge in [-0.3, -0.25) is 9.59 Å². The minimum atomic E-state index is -1.25. The van der Waals surface area contributed by atoms with Crippen LogP contribution in [0.15, 0.2) is 46.0 Å². The van der Waals surface area contributed by atoms with E-state index in [4.69, 9.17) is 0 Å². The molecule has 1 aliphatic rings. The maximum Gasteiger partial charge on any atom is 0.272 e. The van der Waals surface area contributed by atoms with Gasteiger partial charge in [0.05, 0.1) is 0 Å². The summed E-state index contributed by atoms with van der Waals surface area (Å²) in [4.78, 5) is 24.6. The summed E-state index contributed by atoms with van der Waals surface area (Å²) in [5.74, 6) is 0.467. The Kier molecular flexibility index (Phi) is 3.16. The normalized spacial score (nSPS) is 18.4. The third kappa shape index (κ3) is 2.31. The third-order valence-corrected chi connectivity index (χ3v) is 5.65. The Morgan fingerprint density at radius 2 is 2.00 bits per heavy atom. The number of aromatic nitrogens is 1. The Morgan fingerprint density at radius 1 is 1.26 bits per heavy atom. The number of benzene rings is 1. The maximum atomic E-state index is 12.5. The van der Waals surface area contributed by atoms with Gasteiger partial charge in [0.2, 0.25) is 5.16 Å².